The Morgan fingerprint density at radius 1 is 1.26 bits per heavy atom. The third-order valence-corrected chi connectivity index (χ3v) is 4.75. The fourth-order valence-electron chi connectivity index (χ4n) is 3.27. The van der Waals surface area contributed by atoms with E-state index in [2.05, 4.69) is 23.4 Å². The molecule has 6 nitrogen and oxygen atoms in total. The first-order valence-electron chi connectivity index (χ1n) is 8.77. The van der Waals surface area contributed by atoms with E-state index >= 15 is 0 Å². The van der Waals surface area contributed by atoms with Crippen molar-refractivity contribution in [3.05, 3.63) is 77.3 Å². The van der Waals surface area contributed by atoms with Gasteiger partial charge in [-0.05, 0) is 48.9 Å². The molecular formula is C21H21N3O3. The first-order valence-corrected chi connectivity index (χ1v) is 8.77. The number of benzene rings is 1. The minimum Gasteiger partial charge on any atom is -0.486 e. The van der Waals surface area contributed by atoms with E-state index in [1.807, 2.05) is 37.3 Å². The number of rotatable bonds is 4. The normalized spacial score (nSPS) is 23.3. The van der Waals surface area contributed by atoms with E-state index in [4.69, 9.17) is 25.8 Å². The number of hydrogen-bond acceptors (Lipinski definition) is 5. The number of amidine groups is 1. The second-order valence-corrected chi connectivity index (χ2v) is 6.76. The first kappa shape index (κ1) is 17.2. The summed E-state index contributed by atoms with van der Waals surface area (Å²) >= 11 is 0. The van der Waals surface area contributed by atoms with Gasteiger partial charge in [0, 0.05) is 22.9 Å². The van der Waals surface area contributed by atoms with Crippen LogP contribution >= 0.6 is 0 Å². The van der Waals surface area contributed by atoms with Crippen molar-refractivity contribution in [3.8, 4) is 0 Å². The van der Waals surface area contributed by atoms with Gasteiger partial charge in [0.1, 0.15) is 23.2 Å². The summed E-state index contributed by atoms with van der Waals surface area (Å²) in [6.45, 7) is 1.98. The molecule has 0 spiro atoms. The van der Waals surface area contributed by atoms with E-state index < -0.39 is 0 Å². The molecule has 0 amide bonds. The van der Waals surface area contributed by atoms with Crippen LogP contribution in [0.5, 0.6) is 0 Å². The molecule has 1 aromatic heterocycles. The topological polar surface area (TPSA) is 107 Å². The number of oxime groups is 1. The predicted molar refractivity (Wildman–Crippen MR) is 105 cm³/mol. The fraction of sp³-hybridized carbons (Fsp3) is 0.190. The molecule has 1 aliphatic heterocycles. The van der Waals surface area contributed by atoms with Crippen LogP contribution in [0.3, 0.4) is 0 Å². The summed E-state index contributed by atoms with van der Waals surface area (Å²) in [6, 6.07) is 7.34. The highest BCUT2D eigenvalue weighted by Gasteiger charge is 2.27. The average molecular weight is 363 g/mol. The molecule has 0 fully saturated rings. The molecule has 3 atom stereocenters. The molecule has 2 aromatic rings. The summed E-state index contributed by atoms with van der Waals surface area (Å²) in [5.74, 6) is 1.75. The van der Waals surface area contributed by atoms with E-state index in [0.717, 1.165) is 16.7 Å². The van der Waals surface area contributed by atoms with Crippen molar-refractivity contribution < 1.29 is 14.4 Å². The van der Waals surface area contributed by atoms with Crippen molar-refractivity contribution >= 4 is 22.9 Å². The molecule has 1 aliphatic carbocycles. The molecule has 5 N–H and O–H groups in total. The summed E-state index contributed by atoms with van der Waals surface area (Å²) < 4.78 is 11.8. The Balaban J connectivity index is 1.53. The van der Waals surface area contributed by atoms with Gasteiger partial charge in [0.25, 0.3) is 0 Å². The van der Waals surface area contributed by atoms with Crippen LogP contribution in [0.1, 0.15) is 18.2 Å². The summed E-state index contributed by atoms with van der Waals surface area (Å²) in [6.07, 6.45) is 12.1. The molecule has 3 unspecified atom stereocenters. The van der Waals surface area contributed by atoms with Crippen LogP contribution in [0, 0.1) is 5.92 Å². The number of allylic oxidation sites excluding steroid dienone is 1. The van der Waals surface area contributed by atoms with Gasteiger partial charge in [-0.25, -0.2) is 0 Å². The van der Waals surface area contributed by atoms with E-state index in [9.17, 15) is 0 Å². The smallest absolute Gasteiger partial charge is 0.170 e. The monoisotopic (exact) mass is 363 g/mol. The molecule has 4 rings (SSSR count). The second kappa shape index (κ2) is 6.81. The Morgan fingerprint density at radius 2 is 2.11 bits per heavy atom. The van der Waals surface area contributed by atoms with Gasteiger partial charge in [-0.3, -0.25) is 0 Å². The van der Waals surface area contributed by atoms with Crippen LogP contribution in [0.2, 0.25) is 0 Å². The lowest BCUT2D eigenvalue weighted by atomic mass is 9.92. The number of nitrogens with zero attached hydrogens (tertiary/aromatic N) is 1. The van der Waals surface area contributed by atoms with Crippen molar-refractivity contribution in [2.24, 2.45) is 22.5 Å². The number of ether oxygens (including phenoxy) is 1. The van der Waals surface area contributed by atoms with Crippen LogP contribution in [0.4, 0.5) is 0 Å². The zero-order valence-electron chi connectivity index (χ0n) is 14.9. The number of fused-ring (bicyclic) bond motifs is 2. The predicted octanol–water partition coefficient (Wildman–Crippen LogP) is 3.28. The van der Waals surface area contributed by atoms with Crippen LogP contribution in [-0.2, 0) is 4.74 Å². The minimum atomic E-state index is 0.0144. The van der Waals surface area contributed by atoms with Gasteiger partial charge < -0.3 is 25.8 Å². The highest BCUT2D eigenvalue weighted by molar-refractivity contribution is 6.00. The Hall–Kier alpha value is -3.25. The molecule has 0 radical (unpaired) electrons. The van der Waals surface area contributed by atoms with Crippen LogP contribution in [0.15, 0.2) is 75.6 Å². The van der Waals surface area contributed by atoms with Gasteiger partial charge in [0.15, 0.2) is 5.84 Å². The molecular weight excluding hydrogens is 342 g/mol. The molecule has 0 bridgehead atoms. The van der Waals surface area contributed by atoms with Crippen LogP contribution in [-0.4, -0.2) is 23.2 Å². The lowest BCUT2D eigenvalue weighted by molar-refractivity contribution is 0.173. The van der Waals surface area contributed by atoms with Crippen LogP contribution < -0.4 is 11.5 Å². The quantitative estimate of drug-likeness (QED) is 0.334. The standard InChI is InChI=1S/C21H21N3O3/c1-12(22)13-4-7-19-16(8-13)10-18(26-19)6-5-17-9-14-2-3-15(21(23)24-25)11-20(14)27-17/h2-12,16,19,25H,22H2,1H3,(H2,23,24)/b6-5+. The van der Waals surface area contributed by atoms with E-state index in [-0.39, 0.29) is 23.9 Å². The maximum Gasteiger partial charge on any atom is 0.170 e. The zero-order valence-corrected chi connectivity index (χ0v) is 14.9. The highest BCUT2D eigenvalue weighted by atomic mass is 16.5. The van der Waals surface area contributed by atoms with Crippen molar-refractivity contribution in [1.82, 2.24) is 0 Å². The molecule has 2 aliphatic rings. The van der Waals surface area contributed by atoms with Gasteiger partial charge in [-0.15, -0.1) is 0 Å². The molecule has 2 heterocycles. The maximum atomic E-state index is 8.79. The Kier molecular flexibility index (Phi) is 4.33. The molecule has 0 saturated heterocycles. The third-order valence-electron chi connectivity index (χ3n) is 4.75. The molecule has 6 heteroatoms. The Labute approximate surface area is 156 Å². The van der Waals surface area contributed by atoms with Gasteiger partial charge in [0.05, 0.1) is 0 Å². The van der Waals surface area contributed by atoms with Crippen molar-refractivity contribution in [1.29, 1.82) is 0 Å². The maximum absolute atomic E-state index is 8.79. The number of furan rings is 1. The van der Waals surface area contributed by atoms with Gasteiger partial charge in [-0.1, -0.05) is 29.4 Å². The van der Waals surface area contributed by atoms with E-state index in [1.165, 1.54) is 0 Å². The molecule has 27 heavy (non-hydrogen) atoms. The second-order valence-electron chi connectivity index (χ2n) is 6.76. The summed E-state index contributed by atoms with van der Waals surface area (Å²) in [5, 5.41) is 12.7. The SMILES string of the molecule is CC(N)C1=CC2C=C(/C=C/c3cc4ccc(C(N)=NO)cc4o3)OC2C=C1. The molecule has 0 saturated carbocycles. The van der Waals surface area contributed by atoms with Crippen LogP contribution in [0.25, 0.3) is 17.0 Å². The third kappa shape index (κ3) is 3.39. The average Bonchev–Trinajstić information content (AvgIpc) is 3.27. The van der Waals surface area contributed by atoms with Crippen molar-refractivity contribution in [3.63, 3.8) is 0 Å². The zero-order chi connectivity index (χ0) is 19.0. The molecule has 1 aromatic carbocycles. The van der Waals surface area contributed by atoms with E-state index in [0.29, 0.717) is 16.9 Å². The highest BCUT2D eigenvalue weighted by Crippen LogP contribution is 2.32. The largest absolute Gasteiger partial charge is 0.486 e. The summed E-state index contributed by atoms with van der Waals surface area (Å²) in [7, 11) is 0. The van der Waals surface area contributed by atoms with Gasteiger partial charge >= 0.3 is 0 Å². The number of nitrogens with two attached hydrogens (primary N) is 2. The summed E-state index contributed by atoms with van der Waals surface area (Å²) in [5.41, 5.74) is 14.0. The van der Waals surface area contributed by atoms with Crippen molar-refractivity contribution in [2.45, 2.75) is 19.1 Å². The lowest BCUT2D eigenvalue weighted by Crippen LogP contribution is -2.23. The minimum absolute atomic E-state index is 0.0144. The van der Waals surface area contributed by atoms with Gasteiger partial charge in [0.2, 0.25) is 0 Å². The molecule has 138 valence electrons. The van der Waals surface area contributed by atoms with Gasteiger partial charge in [-0.2, -0.15) is 0 Å². The fourth-order valence-corrected chi connectivity index (χ4v) is 3.27. The van der Waals surface area contributed by atoms with E-state index in [1.54, 1.807) is 12.1 Å². The lowest BCUT2D eigenvalue weighted by Gasteiger charge is -2.19. The number of hydrogen-bond donors (Lipinski definition) is 3. The first-order chi connectivity index (χ1) is 13.0. The van der Waals surface area contributed by atoms with Crippen molar-refractivity contribution in [2.75, 3.05) is 0 Å². The Morgan fingerprint density at radius 3 is 2.89 bits per heavy atom. The Bertz CT molecular complexity index is 1020. The summed E-state index contributed by atoms with van der Waals surface area (Å²) in [4.78, 5) is 0.